The number of carbonyl (C=O) groups excluding carboxylic acids is 1. The maximum absolute atomic E-state index is 14.3. The molecule has 1 aromatic rings. The van der Waals surface area contributed by atoms with E-state index in [4.69, 9.17) is 0 Å². The summed E-state index contributed by atoms with van der Waals surface area (Å²) in [5.74, 6) is -3.33. The number of amides is 2. The molecule has 3 heterocycles. The first-order chi connectivity index (χ1) is 14.4. The van der Waals surface area contributed by atoms with Crippen LogP contribution in [0.3, 0.4) is 0 Å². The van der Waals surface area contributed by atoms with Gasteiger partial charge in [-0.3, -0.25) is 14.7 Å². The summed E-state index contributed by atoms with van der Waals surface area (Å²) >= 11 is 0. The van der Waals surface area contributed by atoms with Crippen molar-refractivity contribution in [2.75, 3.05) is 37.7 Å². The predicted molar refractivity (Wildman–Crippen MR) is 110 cm³/mol. The molecule has 0 unspecified atom stereocenters. The van der Waals surface area contributed by atoms with Gasteiger partial charge in [-0.1, -0.05) is 20.8 Å². The fraction of sp³-hybridized carbons (Fsp3) is 0.667. The van der Waals surface area contributed by atoms with Crippen LogP contribution >= 0.6 is 0 Å². The highest BCUT2D eigenvalue weighted by Gasteiger charge is 2.43. The largest absolute Gasteiger partial charge is 0.465 e. The molecule has 0 radical (unpaired) electrons. The molecule has 0 spiro atoms. The molecule has 2 atom stereocenters. The molecule has 2 aliphatic rings. The second kappa shape index (κ2) is 8.31. The van der Waals surface area contributed by atoms with Crippen LogP contribution in [0, 0.1) is 0 Å². The van der Waals surface area contributed by atoms with Gasteiger partial charge in [0.15, 0.2) is 0 Å². The van der Waals surface area contributed by atoms with Gasteiger partial charge in [0.25, 0.3) is 5.92 Å². The van der Waals surface area contributed by atoms with Crippen LogP contribution in [0.2, 0.25) is 0 Å². The van der Waals surface area contributed by atoms with Crippen molar-refractivity contribution in [2.24, 2.45) is 0 Å². The summed E-state index contributed by atoms with van der Waals surface area (Å²) < 4.78 is 28.5. The average Bonchev–Trinajstić information content (AvgIpc) is 2.98. The topological polar surface area (TPSA) is 97.2 Å². The zero-order valence-corrected chi connectivity index (χ0v) is 18.3. The van der Waals surface area contributed by atoms with Gasteiger partial charge in [0.1, 0.15) is 0 Å². The number of piperazine rings is 1. The zero-order valence-electron chi connectivity index (χ0n) is 18.3. The second-order valence-electron chi connectivity index (χ2n) is 9.06. The minimum absolute atomic E-state index is 0.0487. The number of anilines is 1. The van der Waals surface area contributed by atoms with Gasteiger partial charge < -0.3 is 20.0 Å². The first-order valence-corrected chi connectivity index (χ1v) is 10.4. The lowest BCUT2D eigenvalue weighted by molar-refractivity contribution is -0.121. The molecular weight excluding hydrogens is 410 g/mol. The third-order valence-corrected chi connectivity index (χ3v) is 6.27. The Bertz CT molecular complexity index is 864. The van der Waals surface area contributed by atoms with Gasteiger partial charge in [-0.2, -0.15) is 0 Å². The maximum atomic E-state index is 14.3. The smallest absolute Gasteiger partial charge is 0.407 e. The lowest BCUT2D eigenvalue weighted by Gasteiger charge is -2.43. The Kier molecular flexibility index (Phi) is 6.25. The van der Waals surface area contributed by atoms with E-state index in [0.717, 1.165) is 0 Å². The number of carboxylic acid groups (broad SMARTS) is 1. The van der Waals surface area contributed by atoms with Gasteiger partial charge in [-0.25, -0.2) is 13.6 Å². The number of alkyl halides is 2. The number of fused-ring (bicyclic) bond motifs is 1. The molecule has 1 aromatic heterocycles. The van der Waals surface area contributed by atoms with Gasteiger partial charge in [0, 0.05) is 49.3 Å². The Balaban J connectivity index is 1.85. The number of halogens is 2. The van der Waals surface area contributed by atoms with Crippen molar-refractivity contribution in [1.29, 1.82) is 0 Å². The van der Waals surface area contributed by atoms with Crippen LogP contribution in [0.5, 0.6) is 0 Å². The third-order valence-electron chi connectivity index (χ3n) is 6.27. The molecule has 10 heteroatoms. The molecule has 0 bridgehead atoms. The lowest BCUT2D eigenvalue weighted by atomic mass is 9.91. The molecule has 3 rings (SSSR count). The van der Waals surface area contributed by atoms with Crippen LogP contribution in [0.25, 0.3) is 0 Å². The number of hydrogen-bond donors (Lipinski definition) is 2. The summed E-state index contributed by atoms with van der Waals surface area (Å²) in [4.78, 5) is 33.4. The number of hydrogen-bond acceptors (Lipinski definition) is 5. The normalized spacial score (nSPS) is 23.7. The number of rotatable bonds is 5. The van der Waals surface area contributed by atoms with E-state index in [1.54, 1.807) is 11.8 Å². The van der Waals surface area contributed by atoms with E-state index < -0.39 is 23.5 Å². The highest BCUT2D eigenvalue weighted by atomic mass is 19.3. The Morgan fingerprint density at radius 3 is 2.58 bits per heavy atom. The van der Waals surface area contributed by atoms with Crippen LogP contribution in [0.15, 0.2) is 12.3 Å². The van der Waals surface area contributed by atoms with E-state index in [0.29, 0.717) is 24.5 Å². The number of aliphatic hydroxyl groups excluding tert-OH is 1. The SMILES string of the molecule is CCC(F)(F)c1cnc2c(c1)N(C(=O)CN1C[C@@H](C)N(C(=O)O)C[C@@H]1CO)CC2(C)C. The number of aromatic nitrogens is 1. The molecule has 1 fully saturated rings. The van der Waals surface area contributed by atoms with Crippen molar-refractivity contribution in [3.8, 4) is 0 Å². The maximum Gasteiger partial charge on any atom is 0.407 e. The molecule has 0 saturated carbocycles. The molecular formula is C21H30F2N4O4. The zero-order chi connectivity index (χ0) is 23.1. The van der Waals surface area contributed by atoms with E-state index >= 15 is 0 Å². The molecule has 0 aromatic carbocycles. The standard InChI is InChI=1S/C21H30F2N4O4/c1-5-21(22,23)14-6-16-18(24-7-14)20(3,4)12-27(16)17(29)10-25-8-13(2)26(19(30)31)9-15(25)11-28/h6-7,13,15,28H,5,8-12H2,1-4H3,(H,30,31)/t13-,15-/m1/s1. The molecule has 2 aliphatic heterocycles. The van der Waals surface area contributed by atoms with E-state index in [2.05, 4.69) is 4.98 Å². The van der Waals surface area contributed by atoms with Gasteiger partial charge in [-0.05, 0) is 13.0 Å². The summed E-state index contributed by atoms with van der Waals surface area (Å²) in [6, 6.07) is 0.500. The lowest BCUT2D eigenvalue weighted by Crippen LogP contribution is -2.61. The van der Waals surface area contributed by atoms with Crippen LogP contribution in [-0.2, 0) is 16.1 Å². The molecule has 0 aliphatic carbocycles. The summed E-state index contributed by atoms with van der Waals surface area (Å²) in [6.07, 6.45) is -0.246. The van der Waals surface area contributed by atoms with E-state index in [1.165, 1.54) is 29.0 Å². The average molecular weight is 440 g/mol. The van der Waals surface area contributed by atoms with Crippen molar-refractivity contribution >= 4 is 17.7 Å². The molecule has 8 nitrogen and oxygen atoms in total. The van der Waals surface area contributed by atoms with Crippen molar-refractivity contribution < 1.29 is 28.6 Å². The quantitative estimate of drug-likeness (QED) is 0.729. The Morgan fingerprint density at radius 1 is 1.32 bits per heavy atom. The molecule has 1 saturated heterocycles. The Morgan fingerprint density at radius 2 is 2.00 bits per heavy atom. The van der Waals surface area contributed by atoms with Crippen molar-refractivity contribution in [2.45, 2.75) is 57.5 Å². The molecule has 2 amide bonds. The van der Waals surface area contributed by atoms with Crippen molar-refractivity contribution in [1.82, 2.24) is 14.8 Å². The molecule has 172 valence electrons. The second-order valence-corrected chi connectivity index (χ2v) is 9.06. The van der Waals surface area contributed by atoms with Crippen LogP contribution < -0.4 is 4.90 Å². The summed E-state index contributed by atoms with van der Waals surface area (Å²) in [5, 5.41) is 19.1. The Hall–Kier alpha value is -2.33. The van der Waals surface area contributed by atoms with Gasteiger partial charge >= 0.3 is 6.09 Å². The third kappa shape index (κ3) is 4.36. The van der Waals surface area contributed by atoms with Crippen molar-refractivity contribution in [3.63, 3.8) is 0 Å². The minimum atomic E-state index is -3.03. The number of nitrogens with zero attached hydrogens (tertiary/aromatic N) is 4. The van der Waals surface area contributed by atoms with Crippen LogP contribution in [0.4, 0.5) is 19.3 Å². The molecule has 2 N–H and O–H groups in total. The van der Waals surface area contributed by atoms with E-state index in [-0.39, 0.29) is 43.6 Å². The van der Waals surface area contributed by atoms with Crippen molar-refractivity contribution in [3.05, 3.63) is 23.5 Å². The summed E-state index contributed by atoms with van der Waals surface area (Å²) in [5.41, 5.74) is 0.273. The summed E-state index contributed by atoms with van der Waals surface area (Å²) in [6.45, 7) is 7.32. The fourth-order valence-electron chi connectivity index (χ4n) is 4.36. The monoisotopic (exact) mass is 440 g/mol. The number of pyridine rings is 1. The number of carbonyl (C=O) groups is 2. The van der Waals surface area contributed by atoms with Crippen LogP contribution in [0.1, 0.15) is 45.4 Å². The molecule has 31 heavy (non-hydrogen) atoms. The van der Waals surface area contributed by atoms with E-state index in [1.807, 2.05) is 13.8 Å². The van der Waals surface area contributed by atoms with Gasteiger partial charge in [0.2, 0.25) is 5.91 Å². The highest BCUT2D eigenvalue weighted by molar-refractivity contribution is 5.97. The number of aliphatic hydroxyl groups is 1. The summed E-state index contributed by atoms with van der Waals surface area (Å²) in [7, 11) is 0. The Labute approximate surface area is 180 Å². The minimum Gasteiger partial charge on any atom is -0.465 e. The van der Waals surface area contributed by atoms with Gasteiger partial charge in [-0.15, -0.1) is 0 Å². The first kappa shape index (κ1) is 23.3. The van der Waals surface area contributed by atoms with Gasteiger partial charge in [0.05, 0.1) is 30.6 Å². The first-order valence-electron chi connectivity index (χ1n) is 10.4. The predicted octanol–water partition coefficient (Wildman–Crippen LogP) is 2.25. The fourth-order valence-corrected chi connectivity index (χ4v) is 4.36. The van der Waals surface area contributed by atoms with E-state index in [9.17, 15) is 28.6 Å². The highest BCUT2D eigenvalue weighted by Crippen LogP contribution is 2.42. The van der Waals surface area contributed by atoms with Crippen LogP contribution in [-0.4, -0.2) is 81.9 Å².